The van der Waals surface area contributed by atoms with Crippen molar-refractivity contribution >= 4 is 21.8 Å². The van der Waals surface area contributed by atoms with Crippen LogP contribution in [0.2, 0.25) is 0 Å². The first-order valence-corrected chi connectivity index (χ1v) is 7.43. The van der Waals surface area contributed by atoms with Crippen LogP contribution in [0.1, 0.15) is 13.8 Å². The van der Waals surface area contributed by atoms with Crippen LogP contribution >= 0.6 is 15.9 Å². The van der Waals surface area contributed by atoms with Gasteiger partial charge in [-0.1, -0.05) is 0 Å². The molecule has 2 rings (SSSR count). The van der Waals surface area contributed by atoms with Crippen molar-refractivity contribution in [3.8, 4) is 17.1 Å². The summed E-state index contributed by atoms with van der Waals surface area (Å²) >= 11 is 3.19. The Morgan fingerprint density at radius 3 is 2.86 bits per heavy atom. The van der Waals surface area contributed by atoms with E-state index in [1.165, 1.54) is 23.9 Å². The number of ether oxygens (including phenoxy) is 1. The largest absolute Gasteiger partial charge is 0.494 e. The Labute approximate surface area is 135 Å². The number of methoxy groups -OCH3 is 1. The van der Waals surface area contributed by atoms with E-state index in [9.17, 15) is 9.18 Å². The van der Waals surface area contributed by atoms with Crippen molar-refractivity contribution in [2.45, 2.75) is 26.4 Å². The second-order valence-electron chi connectivity index (χ2n) is 4.93. The maximum absolute atomic E-state index is 13.5. The lowest BCUT2D eigenvalue weighted by atomic mass is 10.2. The van der Waals surface area contributed by atoms with Gasteiger partial charge in [0, 0.05) is 11.6 Å². The van der Waals surface area contributed by atoms with Crippen LogP contribution in [-0.2, 0) is 11.3 Å². The summed E-state index contributed by atoms with van der Waals surface area (Å²) in [6, 6.07) is 4.40. The molecule has 0 spiro atoms. The van der Waals surface area contributed by atoms with Crippen molar-refractivity contribution in [1.29, 1.82) is 0 Å². The van der Waals surface area contributed by atoms with E-state index in [0.29, 0.717) is 16.1 Å². The number of hydrogen-bond acceptors (Lipinski definition) is 4. The summed E-state index contributed by atoms with van der Waals surface area (Å²) in [5.74, 6) is -0.0875. The van der Waals surface area contributed by atoms with E-state index < -0.39 is 5.82 Å². The minimum absolute atomic E-state index is 0.0196. The quantitative estimate of drug-likeness (QED) is 0.876. The van der Waals surface area contributed by atoms with Gasteiger partial charge >= 0.3 is 0 Å². The van der Waals surface area contributed by atoms with Crippen LogP contribution in [0, 0.1) is 5.82 Å². The zero-order valence-corrected chi connectivity index (χ0v) is 14.0. The summed E-state index contributed by atoms with van der Waals surface area (Å²) in [6.45, 7) is 3.77. The SMILES string of the molecule is COc1cc(-c2nc(Br)nn2CC(=O)NC(C)C)ccc1F. The van der Waals surface area contributed by atoms with Crippen molar-refractivity contribution in [3.05, 3.63) is 28.7 Å². The number of nitrogens with one attached hydrogen (secondary N) is 1. The predicted molar refractivity (Wildman–Crippen MR) is 82.9 cm³/mol. The lowest BCUT2D eigenvalue weighted by Gasteiger charge is -2.10. The molecule has 1 aromatic heterocycles. The molecule has 0 saturated carbocycles. The van der Waals surface area contributed by atoms with Crippen molar-refractivity contribution in [3.63, 3.8) is 0 Å². The highest BCUT2D eigenvalue weighted by atomic mass is 79.9. The van der Waals surface area contributed by atoms with Gasteiger partial charge in [-0.05, 0) is 48.0 Å². The third kappa shape index (κ3) is 3.82. The molecule has 1 N–H and O–H groups in total. The van der Waals surface area contributed by atoms with Crippen LogP contribution in [0.3, 0.4) is 0 Å². The molecule has 1 aromatic carbocycles. The Bertz CT molecular complexity index is 687. The van der Waals surface area contributed by atoms with Crippen molar-refractivity contribution in [2.24, 2.45) is 0 Å². The molecule has 2 aromatic rings. The van der Waals surface area contributed by atoms with Gasteiger partial charge in [0.1, 0.15) is 6.54 Å². The second-order valence-corrected chi connectivity index (χ2v) is 5.64. The maximum Gasteiger partial charge on any atom is 0.242 e. The van der Waals surface area contributed by atoms with E-state index in [1.807, 2.05) is 13.8 Å². The monoisotopic (exact) mass is 370 g/mol. The van der Waals surface area contributed by atoms with Gasteiger partial charge in [-0.3, -0.25) is 4.79 Å². The molecule has 22 heavy (non-hydrogen) atoms. The molecule has 0 saturated heterocycles. The summed E-state index contributed by atoms with van der Waals surface area (Å²) in [4.78, 5) is 16.1. The Kier molecular flexibility index (Phi) is 5.12. The Hall–Kier alpha value is -1.96. The van der Waals surface area contributed by atoms with Gasteiger partial charge in [0.05, 0.1) is 7.11 Å². The molecule has 0 aliphatic rings. The van der Waals surface area contributed by atoms with Gasteiger partial charge in [-0.2, -0.15) is 0 Å². The fourth-order valence-corrected chi connectivity index (χ4v) is 2.30. The molecule has 0 bridgehead atoms. The van der Waals surface area contributed by atoms with Gasteiger partial charge in [0.2, 0.25) is 10.6 Å². The van der Waals surface area contributed by atoms with Gasteiger partial charge in [0.25, 0.3) is 0 Å². The normalized spacial score (nSPS) is 10.8. The average Bonchev–Trinajstić information content (AvgIpc) is 2.79. The second kappa shape index (κ2) is 6.87. The number of halogens is 2. The average molecular weight is 371 g/mol. The van der Waals surface area contributed by atoms with Gasteiger partial charge < -0.3 is 10.1 Å². The number of carbonyl (C=O) groups is 1. The number of hydrogen-bond donors (Lipinski definition) is 1. The summed E-state index contributed by atoms with van der Waals surface area (Å²) < 4.78 is 20.3. The molecule has 6 nitrogen and oxygen atoms in total. The van der Waals surface area contributed by atoms with E-state index in [2.05, 4.69) is 31.3 Å². The molecule has 1 heterocycles. The number of nitrogens with zero attached hydrogens (tertiary/aromatic N) is 3. The van der Waals surface area contributed by atoms with Crippen LogP contribution < -0.4 is 10.1 Å². The molecule has 0 unspecified atom stereocenters. The zero-order valence-electron chi connectivity index (χ0n) is 12.4. The molecule has 0 radical (unpaired) electrons. The van der Waals surface area contributed by atoms with E-state index in [0.717, 1.165) is 0 Å². The number of amides is 1. The van der Waals surface area contributed by atoms with Crippen molar-refractivity contribution in [2.75, 3.05) is 7.11 Å². The molecule has 8 heteroatoms. The van der Waals surface area contributed by atoms with Crippen LogP contribution in [0.5, 0.6) is 5.75 Å². The number of aromatic nitrogens is 3. The number of rotatable bonds is 5. The Balaban J connectivity index is 2.34. The summed E-state index contributed by atoms with van der Waals surface area (Å²) in [7, 11) is 1.39. The van der Waals surface area contributed by atoms with Crippen molar-refractivity contribution < 1.29 is 13.9 Å². The highest BCUT2D eigenvalue weighted by Crippen LogP contribution is 2.26. The first-order valence-electron chi connectivity index (χ1n) is 6.64. The fourth-order valence-electron chi connectivity index (χ4n) is 1.94. The molecule has 1 amide bonds. The molecule has 118 valence electrons. The number of benzene rings is 1. The van der Waals surface area contributed by atoms with Crippen molar-refractivity contribution in [1.82, 2.24) is 20.1 Å². The minimum Gasteiger partial charge on any atom is -0.494 e. The third-order valence-corrected chi connectivity index (χ3v) is 3.13. The standard InChI is InChI=1S/C14H16BrFN4O2/c1-8(2)17-12(21)7-20-13(18-14(15)19-20)9-4-5-10(16)11(6-9)22-3/h4-6,8H,7H2,1-3H3,(H,17,21). The van der Waals surface area contributed by atoms with E-state index in [4.69, 9.17) is 4.74 Å². The Morgan fingerprint density at radius 1 is 1.50 bits per heavy atom. The minimum atomic E-state index is -0.464. The van der Waals surface area contributed by atoms with Crippen LogP contribution in [-0.4, -0.2) is 33.8 Å². The molecule has 0 aliphatic carbocycles. The topological polar surface area (TPSA) is 69.0 Å². The van der Waals surface area contributed by atoms with Gasteiger partial charge in [-0.15, -0.1) is 5.10 Å². The summed E-state index contributed by atoms with van der Waals surface area (Å²) in [6.07, 6.45) is 0. The first kappa shape index (κ1) is 16.4. The summed E-state index contributed by atoms with van der Waals surface area (Å²) in [5.41, 5.74) is 0.605. The number of carbonyl (C=O) groups excluding carboxylic acids is 1. The van der Waals surface area contributed by atoms with E-state index >= 15 is 0 Å². The van der Waals surface area contributed by atoms with Crippen LogP contribution in [0.4, 0.5) is 4.39 Å². The van der Waals surface area contributed by atoms with Crippen LogP contribution in [0.15, 0.2) is 22.9 Å². The van der Waals surface area contributed by atoms with Crippen LogP contribution in [0.25, 0.3) is 11.4 Å². The molecular weight excluding hydrogens is 355 g/mol. The molecule has 0 atom stereocenters. The van der Waals surface area contributed by atoms with Gasteiger partial charge in [0.15, 0.2) is 17.4 Å². The maximum atomic E-state index is 13.5. The Morgan fingerprint density at radius 2 is 2.23 bits per heavy atom. The highest BCUT2D eigenvalue weighted by Gasteiger charge is 2.16. The molecular formula is C14H16BrFN4O2. The first-order chi connectivity index (χ1) is 10.4. The fraction of sp³-hybridized carbons (Fsp3) is 0.357. The lowest BCUT2D eigenvalue weighted by Crippen LogP contribution is -2.33. The molecule has 0 fully saturated rings. The van der Waals surface area contributed by atoms with Gasteiger partial charge in [-0.25, -0.2) is 14.1 Å². The van der Waals surface area contributed by atoms with E-state index in [-0.39, 0.29) is 24.2 Å². The summed E-state index contributed by atoms with van der Waals surface area (Å²) in [5, 5.41) is 6.92. The lowest BCUT2D eigenvalue weighted by molar-refractivity contribution is -0.122. The highest BCUT2D eigenvalue weighted by molar-refractivity contribution is 9.10. The zero-order chi connectivity index (χ0) is 16.3. The molecule has 0 aliphatic heterocycles. The smallest absolute Gasteiger partial charge is 0.242 e. The predicted octanol–water partition coefficient (Wildman–Crippen LogP) is 2.38. The van der Waals surface area contributed by atoms with E-state index in [1.54, 1.807) is 6.07 Å². The third-order valence-electron chi connectivity index (χ3n) is 2.80.